The maximum atomic E-state index is 8.82. The fourth-order valence-corrected chi connectivity index (χ4v) is 1.16. The first-order valence-corrected chi connectivity index (χ1v) is 4.89. The fourth-order valence-electron chi connectivity index (χ4n) is 1.16. The zero-order valence-electron chi connectivity index (χ0n) is 9.12. The molecule has 4 nitrogen and oxygen atoms in total. The second-order valence-electron chi connectivity index (χ2n) is 4.36. The van der Waals surface area contributed by atoms with E-state index in [9.17, 15) is 0 Å². The molecule has 0 fully saturated rings. The molecule has 0 atom stereocenters. The molecule has 0 radical (unpaired) electrons. The number of hydrogen-bond acceptors (Lipinski definition) is 3. The van der Waals surface area contributed by atoms with E-state index in [1.54, 1.807) is 6.20 Å². The Morgan fingerprint density at radius 1 is 1.50 bits per heavy atom. The van der Waals surface area contributed by atoms with Crippen LogP contribution >= 0.6 is 0 Å². The van der Waals surface area contributed by atoms with Crippen molar-refractivity contribution >= 4 is 0 Å². The van der Waals surface area contributed by atoms with Gasteiger partial charge in [-0.1, -0.05) is 0 Å². The molecular weight excluding hydrogens is 178 g/mol. The van der Waals surface area contributed by atoms with Gasteiger partial charge < -0.3 is 15.0 Å². The van der Waals surface area contributed by atoms with E-state index in [1.807, 2.05) is 10.8 Å². The summed E-state index contributed by atoms with van der Waals surface area (Å²) in [7, 11) is 0. The van der Waals surface area contributed by atoms with E-state index in [0.717, 1.165) is 12.4 Å². The van der Waals surface area contributed by atoms with E-state index < -0.39 is 0 Å². The summed E-state index contributed by atoms with van der Waals surface area (Å²) in [6.45, 7) is 7.85. The number of rotatable bonds is 4. The molecule has 1 rings (SSSR count). The zero-order valence-corrected chi connectivity index (χ0v) is 9.12. The van der Waals surface area contributed by atoms with Gasteiger partial charge in [0.25, 0.3) is 0 Å². The monoisotopic (exact) mass is 197 g/mol. The highest BCUT2D eigenvalue weighted by molar-refractivity contribution is 4.93. The highest BCUT2D eigenvalue weighted by atomic mass is 16.3. The quantitative estimate of drug-likeness (QED) is 0.749. The van der Waals surface area contributed by atoms with Crippen molar-refractivity contribution < 1.29 is 5.11 Å². The number of aliphatic hydroxyl groups excluding tert-OH is 1. The fraction of sp³-hybridized carbons (Fsp3) is 0.700. The van der Waals surface area contributed by atoms with Crippen molar-refractivity contribution in [2.24, 2.45) is 0 Å². The highest BCUT2D eigenvalue weighted by Gasteiger charge is 2.10. The van der Waals surface area contributed by atoms with Gasteiger partial charge in [-0.3, -0.25) is 0 Å². The lowest BCUT2D eigenvalue weighted by molar-refractivity contribution is 0.273. The Morgan fingerprint density at radius 2 is 2.21 bits per heavy atom. The van der Waals surface area contributed by atoms with Crippen LogP contribution in [0.5, 0.6) is 0 Å². The SMILES string of the molecule is CC(C)(C)NCc1nccn1CCO. The lowest BCUT2D eigenvalue weighted by Gasteiger charge is -2.20. The van der Waals surface area contributed by atoms with Gasteiger partial charge in [0.05, 0.1) is 13.2 Å². The second kappa shape index (κ2) is 4.57. The lowest BCUT2D eigenvalue weighted by atomic mass is 10.1. The molecule has 0 saturated carbocycles. The molecule has 0 aliphatic carbocycles. The van der Waals surface area contributed by atoms with E-state index in [2.05, 4.69) is 31.1 Å². The number of aromatic nitrogens is 2. The molecule has 0 aromatic carbocycles. The Kier molecular flexibility index (Phi) is 3.66. The van der Waals surface area contributed by atoms with Crippen LogP contribution < -0.4 is 5.32 Å². The average molecular weight is 197 g/mol. The van der Waals surface area contributed by atoms with Crippen LogP contribution in [-0.4, -0.2) is 26.8 Å². The summed E-state index contributed by atoms with van der Waals surface area (Å²) >= 11 is 0. The molecule has 0 aliphatic heterocycles. The summed E-state index contributed by atoms with van der Waals surface area (Å²) < 4.78 is 1.96. The number of imidazole rings is 1. The zero-order chi connectivity index (χ0) is 10.6. The first kappa shape index (κ1) is 11.2. The standard InChI is InChI=1S/C10H19N3O/c1-10(2,3)12-8-9-11-4-5-13(9)6-7-14/h4-5,12,14H,6-8H2,1-3H3. The molecule has 1 heterocycles. The van der Waals surface area contributed by atoms with Crippen molar-refractivity contribution in [3.8, 4) is 0 Å². The number of hydrogen-bond donors (Lipinski definition) is 2. The number of nitrogens with one attached hydrogen (secondary N) is 1. The topological polar surface area (TPSA) is 50.1 Å². The van der Waals surface area contributed by atoms with E-state index in [4.69, 9.17) is 5.11 Å². The van der Waals surface area contributed by atoms with Crippen molar-refractivity contribution in [2.75, 3.05) is 6.61 Å². The summed E-state index contributed by atoms with van der Waals surface area (Å²) in [5.74, 6) is 0.967. The maximum absolute atomic E-state index is 8.82. The highest BCUT2D eigenvalue weighted by Crippen LogP contribution is 2.02. The van der Waals surface area contributed by atoms with E-state index in [0.29, 0.717) is 6.54 Å². The minimum absolute atomic E-state index is 0.0932. The summed E-state index contributed by atoms with van der Waals surface area (Å²) in [6, 6.07) is 0. The van der Waals surface area contributed by atoms with Crippen molar-refractivity contribution in [2.45, 2.75) is 39.4 Å². The number of nitrogens with zero attached hydrogens (tertiary/aromatic N) is 2. The first-order valence-electron chi connectivity index (χ1n) is 4.89. The molecule has 0 unspecified atom stereocenters. The number of aliphatic hydroxyl groups is 1. The van der Waals surface area contributed by atoms with Gasteiger partial charge in [-0.2, -0.15) is 0 Å². The van der Waals surface area contributed by atoms with Crippen LogP contribution in [0.2, 0.25) is 0 Å². The minimum Gasteiger partial charge on any atom is -0.395 e. The summed E-state index contributed by atoms with van der Waals surface area (Å²) in [4.78, 5) is 4.23. The Bertz CT molecular complexity index is 275. The van der Waals surface area contributed by atoms with Crippen LogP contribution in [0.4, 0.5) is 0 Å². The van der Waals surface area contributed by atoms with Crippen LogP contribution in [0.15, 0.2) is 12.4 Å². The molecule has 0 saturated heterocycles. The smallest absolute Gasteiger partial charge is 0.122 e. The van der Waals surface area contributed by atoms with Crippen molar-refractivity contribution in [1.82, 2.24) is 14.9 Å². The molecule has 0 spiro atoms. The van der Waals surface area contributed by atoms with Gasteiger partial charge in [-0.25, -0.2) is 4.98 Å². The van der Waals surface area contributed by atoms with Crippen molar-refractivity contribution in [3.05, 3.63) is 18.2 Å². The third-order valence-electron chi connectivity index (χ3n) is 1.92. The molecule has 1 aromatic rings. The minimum atomic E-state index is 0.0932. The van der Waals surface area contributed by atoms with Crippen molar-refractivity contribution in [3.63, 3.8) is 0 Å². The van der Waals surface area contributed by atoms with E-state index >= 15 is 0 Å². The third kappa shape index (κ3) is 3.47. The van der Waals surface area contributed by atoms with Crippen molar-refractivity contribution in [1.29, 1.82) is 0 Å². The van der Waals surface area contributed by atoms with Crippen LogP contribution in [0.25, 0.3) is 0 Å². The van der Waals surface area contributed by atoms with E-state index in [-0.39, 0.29) is 12.1 Å². The normalized spacial score (nSPS) is 12.0. The Hall–Kier alpha value is -0.870. The summed E-state index contributed by atoms with van der Waals surface area (Å²) in [6.07, 6.45) is 3.64. The van der Waals surface area contributed by atoms with E-state index in [1.165, 1.54) is 0 Å². The molecule has 14 heavy (non-hydrogen) atoms. The molecule has 4 heteroatoms. The van der Waals surface area contributed by atoms with Gasteiger partial charge in [-0.05, 0) is 20.8 Å². The van der Waals surface area contributed by atoms with Crippen LogP contribution in [0, 0.1) is 0 Å². The van der Waals surface area contributed by atoms with Gasteiger partial charge in [0, 0.05) is 24.5 Å². The van der Waals surface area contributed by atoms with Crippen LogP contribution in [0.3, 0.4) is 0 Å². The molecule has 2 N–H and O–H groups in total. The molecule has 0 amide bonds. The van der Waals surface area contributed by atoms with Gasteiger partial charge in [0.2, 0.25) is 0 Å². The second-order valence-corrected chi connectivity index (χ2v) is 4.36. The van der Waals surface area contributed by atoms with Crippen LogP contribution in [-0.2, 0) is 13.1 Å². The summed E-state index contributed by atoms with van der Waals surface area (Å²) in [5, 5.41) is 12.2. The predicted octanol–water partition coefficient (Wildman–Crippen LogP) is 0.763. The first-order chi connectivity index (χ1) is 6.53. The summed E-state index contributed by atoms with van der Waals surface area (Å²) in [5.41, 5.74) is 0.0932. The Balaban J connectivity index is 2.53. The Labute approximate surface area is 85.0 Å². The third-order valence-corrected chi connectivity index (χ3v) is 1.92. The predicted molar refractivity (Wildman–Crippen MR) is 55.9 cm³/mol. The molecule has 80 valence electrons. The van der Waals surface area contributed by atoms with Gasteiger partial charge >= 0.3 is 0 Å². The van der Waals surface area contributed by atoms with Gasteiger partial charge in [0.1, 0.15) is 5.82 Å². The largest absolute Gasteiger partial charge is 0.395 e. The van der Waals surface area contributed by atoms with Crippen LogP contribution in [0.1, 0.15) is 26.6 Å². The average Bonchev–Trinajstić information content (AvgIpc) is 2.48. The van der Waals surface area contributed by atoms with Gasteiger partial charge in [0.15, 0.2) is 0 Å². The lowest BCUT2D eigenvalue weighted by Crippen LogP contribution is -2.36. The molecular formula is C10H19N3O. The van der Waals surface area contributed by atoms with Gasteiger partial charge in [-0.15, -0.1) is 0 Å². The molecule has 0 aliphatic rings. The molecule has 1 aromatic heterocycles. The maximum Gasteiger partial charge on any atom is 0.122 e. The molecule has 0 bridgehead atoms. The Morgan fingerprint density at radius 3 is 2.79 bits per heavy atom.